The molecule has 0 fully saturated rings. The van der Waals surface area contributed by atoms with Crippen molar-refractivity contribution in [2.45, 2.75) is 26.3 Å². The fraction of sp³-hybridized carbons (Fsp3) is 0.636. The summed E-state index contributed by atoms with van der Waals surface area (Å²) in [5.74, 6) is 0.104. The van der Waals surface area contributed by atoms with Gasteiger partial charge >= 0.3 is 0 Å². The van der Waals surface area contributed by atoms with Crippen LogP contribution in [0.2, 0.25) is 0 Å². The van der Waals surface area contributed by atoms with E-state index >= 15 is 0 Å². The van der Waals surface area contributed by atoms with E-state index in [1.54, 1.807) is 17.1 Å². The van der Waals surface area contributed by atoms with Crippen LogP contribution in [0, 0.1) is 5.92 Å². The Morgan fingerprint density at radius 3 is 2.75 bits per heavy atom. The van der Waals surface area contributed by atoms with Gasteiger partial charge in [0.05, 0.1) is 6.33 Å². The van der Waals surface area contributed by atoms with Gasteiger partial charge in [-0.2, -0.15) is 0 Å². The smallest absolute Gasteiger partial charge is 0.271 e. The maximum Gasteiger partial charge on any atom is 0.271 e. The van der Waals surface area contributed by atoms with Gasteiger partial charge in [0.25, 0.3) is 5.91 Å². The summed E-state index contributed by atoms with van der Waals surface area (Å²) in [6.45, 7) is 4.10. The highest BCUT2D eigenvalue weighted by atomic mass is 16.3. The molecule has 1 heterocycles. The number of carbonyl (C=O) groups excluding carboxylic acids is 1. The molecule has 90 valence electrons. The number of aliphatic hydroxyl groups excluding tert-OH is 1. The van der Waals surface area contributed by atoms with Crippen molar-refractivity contribution >= 4 is 5.91 Å². The van der Waals surface area contributed by atoms with Crippen molar-refractivity contribution in [2.75, 3.05) is 6.61 Å². The summed E-state index contributed by atoms with van der Waals surface area (Å²) in [6, 6.07) is -0.0143. The second kappa shape index (κ2) is 5.65. The fourth-order valence-corrected chi connectivity index (χ4v) is 1.48. The third-order valence-electron chi connectivity index (χ3n) is 2.50. The average Bonchev–Trinajstić information content (AvgIpc) is 2.64. The van der Waals surface area contributed by atoms with Crippen molar-refractivity contribution in [2.24, 2.45) is 13.0 Å². The zero-order valence-corrected chi connectivity index (χ0v) is 9.97. The molecule has 1 atom stereocenters. The van der Waals surface area contributed by atoms with Crippen LogP contribution in [0.1, 0.15) is 30.8 Å². The molecule has 1 aromatic heterocycles. The Morgan fingerprint density at radius 1 is 1.62 bits per heavy atom. The highest BCUT2D eigenvalue weighted by molar-refractivity contribution is 5.92. The quantitative estimate of drug-likeness (QED) is 0.769. The van der Waals surface area contributed by atoms with Crippen LogP contribution in [-0.4, -0.2) is 33.2 Å². The summed E-state index contributed by atoms with van der Waals surface area (Å²) in [5.41, 5.74) is 0.408. The molecule has 0 saturated heterocycles. The van der Waals surface area contributed by atoms with Crippen molar-refractivity contribution in [1.82, 2.24) is 14.9 Å². The molecule has 5 nitrogen and oxygen atoms in total. The van der Waals surface area contributed by atoms with Gasteiger partial charge in [0, 0.05) is 25.9 Å². The lowest BCUT2D eigenvalue weighted by Gasteiger charge is -2.20. The van der Waals surface area contributed by atoms with E-state index in [0.29, 0.717) is 18.0 Å². The fourth-order valence-electron chi connectivity index (χ4n) is 1.48. The Morgan fingerprint density at radius 2 is 2.31 bits per heavy atom. The van der Waals surface area contributed by atoms with E-state index < -0.39 is 0 Å². The molecule has 0 aliphatic rings. The van der Waals surface area contributed by atoms with Gasteiger partial charge in [0.1, 0.15) is 5.69 Å². The summed E-state index contributed by atoms with van der Waals surface area (Å²) in [6.07, 6.45) is 3.83. The van der Waals surface area contributed by atoms with E-state index in [-0.39, 0.29) is 18.6 Å². The minimum Gasteiger partial charge on any atom is -0.396 e. The topological polar surface area (TPSA) is 67.2 Å². The first kappa shape index (κ1) is 12.7. The Bertz CT molecular complexity index is 347. The van der Waals surface area contributed by atoms with Crippen molar-refractivity contribution in [3.05, 3.63) is 18.2 Å². The van der Waals surface area contributed by atoms with Crippen LogP contribution >= 0.6 is 0 Å². The average molecular weight is 225 g/mol. The normalized spacial score (nSPS) is 12.8. The molecule has 0 aliphatic carbocycles. The monoisotopic (exact) mass is 225 g/mol. The molecular weight excluding hydrogens is 206 g/mol. The summed E-state index contributed by atoms with van der Waals surface area (Å²) in [7, 11) is 1.82. The predicted octanol–water partition coefficient (Wildman–Crippen LogP) is 0.557. The van der Waals surface area contributed by atoms with Crippen LogP contribution in [0.5, 0.6) is 0 Å². The van der Waals surface area contributed by atoms with Crippen LogP contribution in [0.25, 0.3) is 0 Å². The van der Waals surface area contributed by atoms with Crippen molar-refractivity contribution in [1.29, 1.82) is 0 Å². The SMILES string of the molecule is CC(C)C(CCO)NC(=O)c1cn(C)cn1. The lowest BCUT2D eigenvalue weighted by molar-refractivity contribution is 0.0912. The molecule has 0 radical (unpaired) electrons. The van der Waals surface area contributed by atoms with Gasteiger partial charge in [-0.15, -0.1) is 0 Å². The van der Waals surface area contributed by atoms with E-state index in [0.717, 1.165) is 0 Å². The number of hydrogen-bond donors (Lipinski definition) is 2. The van der Waals surface area contributed by atoms with Crippen molar-refractivity contribution < 1.29 is 9.90 Å². The van der Waals surface area contributed by atoms with Gasteiger partial charge in [-0.3, -0.25) is 4.79 Å². The molecule has 0 aromatic carbocycles. The van der Waals surface area contributed by atoms with Crippen molar-refractivity contribution in [3.63, 3.8) is 0 Å². The highest BCUT2D eigenvalue weighted by Crippen LogP contribution is 2.06. The van der Waals surface area contributed by atoms with E-state index in [1.165, 1.54) is 0 Å². The molecule has 1 aromatic rings. The lowest BCUT2D eigenvalue weighted by atomic mass is 10.0. The summed E-state index contributed by atoms with van der Waals surface area (Å²) >= 11 is 0. The third kappa shape index (κ3) is 3.34. The predicted molar refractivity (Wildman–Crippen MR) is 61.0 cm³/mol. The number of aryl methyl sites for hydroxylation is 1. The number of rotatable bonds is 5. The standard InChI is InChI=1S/C11H19N3O2/c1-8(2)9(4-5-15)13-11(16)10-6-14(3)7-12-10/h6-9,15H,4-5H2,1-3H3,(H,13,16). The summed E-state index contributed by atoms with van der Waals surface area (Å²) in [5, 5.41) is 11.8. The largest absolute Gasteiger partial charge is 0.396 e. The van der Waals surface area contributed by atoms with Crippen LogP contribution in [0.3, 0.4) is 0 Å². The molecule has 0 bridgehead atoms. The molecular formula is C11H19N3O2. The Labute approximate surface area is 95.5 Å². The maximum atomic E-state index is 11.8. The van der Waals surface area contributed by atoms with E-state index in [1.807, 2.05) is 20.9 Å². The number of aliphatic hydroxyl groups is 1. The second-order valence-corrected chi connectivity index (χ2v) is 4.26. The number of imidazole rings is 1. The van der Waals surface area contributed by atoms with Gasteiger partial charge in [-0.1, -0.05) is 13.8 Å². The number of aromatic nitrogens is 2. The molecule has 1 unspecified atom stereocenters. The van der Waals surface area contributed by atoms with Crippen molar-refractivity contribution in [3.8, 4) is 0 Å². The molecule has 0 aliphatic heterocycles. The van der Waals surface area contributed by atoms with Crippen LogP contribution in [0.15, 0.2) is 12.5 Å². The third-order valence-corrected chi connectivity index (χ3v) is 2.50. The first-order valence-corrected chi connectivity index (χ1v) is 5.44. The molecule has 1 amide bonds. The molecule has 0 spiro atoms. The highest BCUT2D eigenvalue weighted by Gasteiger charge is 2.17. The molecule has 16 heavy (non-hydrogen) atoms. The number of carbonyl (C=O) groups is 1. The number of nitrogens with one attached hydrogen (secondary N) is 1. The first-order chi connectivity index (χ1) is 7.54. The van der Waals surface area contributed by atoms with E-state index in [9.17, 15) is 4.79 Å². The van der Waals surface area contributed by atoms with Gasteiger partial charge in [-0.05, 0) is 12.3 Å². The number of nitrogens with zero attached hydrogens (tertiary/aromatic N) is 2. The molecule has 2 N–H and O–H groups in total. The van der Waals surface area contributed by atoms with Crippen LogP contribution < -0.4 is 5.32 Å². The minimum atomic E-state index is -0.187. The minimum absolute atomic E-state index is 0.0143. The maximum absolute atomic E-state index is 11.8. The second-order valence-electron chi connectivity index (χ2n) is 4.26. The zero-order valence-electron chi connectivity index (χ0n) is 9.97. The number of amides is 1. The zero-order chi connectivity index (χ0) is 12.1. The number of hydrogen-bond acceptors (Lipinski definition) is 3. The molecule has 0 saturated carbocycles. The van der Waals surface area contributed by atoms with Gasteiger partial charge in [0.2, 0.25) is 0 Å². The Hall–Kier alpha value is -1.36. The summed E-state index contributed by atoms with van der Waals surface area (Å²) < 4.78 is 1.73. The lowest BCUT2D eigenvalue weighted by Crippen LogP contribution is -2.39. The van der Waals surface area contributed by atoms with E-state index in [2.05, 4.69) is 10.3 Å². The molecule has 1 rings (SSSR count). The Balaban J connectivity index is 2.61. The molecule has 5 heteroatoms. The van der Waals surface area contributed by atoms with Crippen LogP contribution in [0.4, 0.5) is 0 Å². The van der Waals surface area contributed by atoms with Gasteiger partial charge in [-0.25, -0.2) is 4.98 Å². The van der Waals surface area contributed by atoms with E-state index in [4.69, 9.17) is 5.11 Å². The van der Waals surface area contributed by atoms with Gasteiger partial charge < -0.3 is 15.0 Å². The first-order valence-electron chi connectivity index (χ1n) is 5.44. The van der Waals surface area contributed by atoms with Gasteiger partial charge in [0.15, 0.2) is 0 Å². The Kier molecular flexibility index (Phi) is 4.49. The summed E-state index contributed by atoms with van der Waals surface area (Å²) in [4.78, 5) is 15.8. The van der Waals surface area contributed by atoms with Crippen LogP contribution in [-0.2, 0) is 7.05 Å².